The fourth-order valence-corrected chi connectivity index (χ4v) is 6.81. The zero-order chi connectivity index (χ0) is 44.5. The van der Waals surface area contributed by atoms with E-state index in [9.17, 15) is 28.8 Å². The van der Waals surface area contributed by atoms with Crippen molar-refractivity contribution in [1.82, 2.24) is 0 Å². The van der Waals surface area contributed by atoms with Crippen LogP contribution in [0.2, 0.25) is 0 Å². The number of carboxylic acids is 2. The largest absolute Gasteiger partial charge is 0.481 e. The third-order valence-corrected chi connectivity index (χ3v) is 10.5. The molecule has 10 nitrogen and oxygen atoms in total. The standard InChI is InChI=1S/C49H62O10/c1-11-49(10)31-41(59-45(55)29-27-43(52)53)47(57)37(7)39(49)25-23-35(5)21-15-19-33(3)17-13-12-16-32(2)18-14-20-34(4)22-24-38-36(6)46(56)40(30-48(38,8)9)58-44(54)28-26-42(50)51/h12-25,40-41H,11,26-31H2,1-10H3,(H,50,51)(H,52,53)/b13-12+,18-14+,19-15+,24-22+,25-23+,32-16+,33-17+,34-20+,35-21+. The van der Waals surface area contributed by atoms with Gasteiger partial charge in [0.15, 0.2) is 23.8 Å². The maximum Gasteiger partial charge on any atom is 0.307 e. The SMILES string of the molecule is CCC1(C)CC(OC(=O)CCC(=O)O)C(=O)C(C)=C1/C=C/C(C)=C/C=C/C(C)=C/C=C/C=C(C)/C=C/C=C(C)/C=C/C1=C(C)C(=O)C(OC(=O)CCC(=O)O)CC1(C)C. The molecule has 318 valence electrons. The van der Waals surface area contributed by atoms with Gasteiger partial charge < -0.3 is 19.7 Å². The summed E-state index contributed by atoms with van der Waals surface area (Å²) in [7, 11) is 0. The van der Waals surface area contributed by atoms with E-state index in [2.05, 4.69) is 0 Å². The monoisotopic (exact) mass is 810 g/mol. The summed E-state index contributed by atoms with van der Waals surface area (Å²) in [6.45, 7) is 19.5. The normalized spacial score (nSPS) is 22.5. The van der Waals surface area contributed by atoms with Crippen LogP contribution in [0.4, 0.5) is 0 Å². The number of aliphatic carboxylic acids is 2. The van der Waals surface area contributed by atoms with Gasteiger partial charge in [0.2, 0.25) is 0 Å². The van der Waals surface area contributed by atoms with Crippen LogP contribution in [0.5, 0.6) is 0 Å². The minimum Gasteiger partial charge on any atom is -0.481 e. The van der Waals surface area contributed by atoms with Crippen molar-refractivity contribution < 1.29 is 48.5 Å². The number of hydrogen-bond acceptors (Lipinski definition) is 8. The van der Waals surface area contributed by atoms with E-state index in [1.54, 1.807) is 13.8 Å². The number of carboxylic acid groups (broad SMARTS) is 2. The highest BCUT2D eigenvalue weighted by Gasteiger charge is 2.42. The molecule has 0 saturated heterocycles. The molecule has 0 heterocycles. The summed E-state index contributed by atoms with van der Waals surface area (Å²) in [4.78, 5) is 72.0. The van der Waals surface area contributed by atoms with Crippen molar-refractivity contribution in [1.29, 1.82) is 0 Å². The first kappa shape index (κ1) is 49.5. The van der Waals surface area contributed by atoms with Gasteiger partial charge in [-0.25, -0.2) is 0 Å². The van der Waals surface area contributed by atoms with Crippen LogP contribution in [0, 0.1) is 10.8 Å². The molecule has 3 atom stereocenters. The number of rotatable bonds is 19. The first-order valence-electron chi connectivity index (χ1n) is 20.0. The fraction of sp³-hybridized carbons (Fsp3) is 0.429. The summed E-state index contributed by atoms with van der Waals surface area (Å²) in [5.41, 5.74) is 6.13. The summed E-state index contributed by atoms with van der Waals surface area (Å²) in [6, 6.07) is 0. The van der Waals surface area contributed by atoms with Crippen LogP contribution in [-0.4, -0.2) is 57.9 Å². The van der Waals surface area contributed by atoms with Gasteiger partial charge in [-0.1, -0.05) is 135 Å². The lowest BCUT2D eigenvalue weighted by molar-refractivity contribution is -0.157. The van der Waals surface area contributed by atoms with E-state index in [0.29, 0.717) is 24.0 Å². The summed E-state index contributed by atoms with van der Waals surface area (Å²) in [6.07, 6.45) is 26.0. The zero-order valence-corrected chi connectivity index (χ0v) is 36.3. The average molecular weight is 811 g/mol. The Hall–Kier alpha value is -5.64. The molecule has 10 heteroatoms. The molecule has 3 unspecified atom stereocenters. The minimum absolute atomic E-state index is 0.252. The van der Waals surface area contributed by atoms with Crippen molar-refractivity contribution >= 4 is 35.4 Å². The van der Waals surface area contributed by atoms with Crippen LogP contribution < -0.4 is 0 Å². The van der Waals surface area contributed by atoms with E-state index < -0.39 is 41.5 Å². The van der Waals surface area contributed by atoms with Gasteiger partial charge in [-0.05, 0) is 81.1 Å². The van der Waals surface area contributed by atoms with Gasteiger partial charge in [0, 0.05) is 12.8 Å². The Morgan fingerprint density at radius 2 is 0.966 bits per heavy atom. The van der Waals surface area contributed by atoms with Gasteiger partial charge in [0.05, 0.1) is 25.7 Å². The molecule has 0 aromatic heterocycles. The third kappa shape index (κ3) is 16.3. The maximum atomic E-state index is 13.1. The number of ketones is 2. The zero-order valence-electron chi connectivity index (χ0n) is 36.3. The van der Waals surface area contributed by atoms with Crippen molar-refractivity contribution in [3.8, 4) is 0 Å². The second-order valence-corrected chi connectivity index (χ2v) is 16.2. The van der Waals surface area contributed by atoms with Crippen molar-refractivity contribution in [2.24, 2.45) is 10.8 Å². The van der Waals surface area contributed by atoms with Gasteiger partial charge in [-0.3, -0.25) is 28.8 Å². The average Bonchev–Trinajstić information content (AvgIpc) is 3.15. The molecule has 2 N–H and O–H groups in total. The van der Waals surface area contributed by atoms with E-state index in [4.69, 9.17) is 19.7 Å². The number of Topliss-reactive ketones (excluding diaryl/α,β-unsaturated/α-hetero) is 2. The Balaban J connectivity index is 2.00. The molecule has 0 aromatic carbocycles. The van der Waals surface area contributed by atoms with Crippen molar-refractivity contribution in [2.45, 2.75) is 126 Å². The van der Waals surface area contributed by atoms with E-state index >= 15 is 0 Å². The Morgan fingerprint density at radius 3 is 1.39 bits per heavy atom. The van der Waals surface area contributed by atoms with Crippen LogP contribution in [-0.2, 0) is 38.2 Å². The molecule has 0 spiro atoms. The van der Waals surface area contributed by atoms with E-state index in [1.807, 2.05) is 140 Å². The quantitative estimate of drug-likeness (QED) is 0.0949. The summed E-state index contributed by atoms with van der Waals surface area (Å²) in [5.74, 6) is -4.07. The topological polar surface area (TPSA) is 161 Å². The lowest BCUT2D eigenvalue weighted by atomic mass is 9.68. The number of carbonyl (C=O) groups is 6. The second kappa shape index (κ2) is 23.1. The number of esters is 2. The molecule has 0 saturated carbocycles. The Morgan fingerprint density at radius 1 is 0.593 bits per heavy atom. The molecule has 2 aliphatic rings. The number of carbonyl (C=O) groups excluding carboxylic acids is 4. The molecule has 2 aliphatic carbocycles. The van der Waals surface area contributed by atoms with E-state index in [0.717, 1.165) is 39.9 Å². The van der Waals surface area contributed by atoms with Gasteiger partial charge in [0.25, 0.3) is 0 Å². The predicted octanol–water partition coefficient (Wildman–Crippen LogP) is 10.1. The van der Waals surface area contributed by atoms with Crippen LogP contribution in [0.3, 0.4) is 0 Å². The lowest BCUT2D eigenvalue weighted by Crippen LogP contribution is -2.40. The van der Waals surface area contributed by atoms with Gasteiger partial charge in [-0.2, -0.15) is 0 Å². The van der Waals surface area contributed by atoms with Crippen molar-refractivity contribution in [3.05, 3.63) is 130 Å². The molecule has 0 fully saturated rings. The molecule has 59 heavy (non-hydrogen) atoms. The second-order valence-electron chi connectivity index (χ2n) is 16.2. The van der Waals surface area contributed by atoms with Crippen LogP contribution >= 0.6 is 0 Å². The molecule has 0 aromatic rings. The number of ether oxygens (including phenoxy) is 2. The molecule has 2 rings (SSSR count). The highest BCUT2D eigenvalue weighted by Crippen LogP contribution is 2.44. The summed E-state index contributed by atoms with van der Waals surface area (Å²) < 4.78 is 10.8. The van der Waals surface area contributed by atoms with Crippen LogP contribution in [0.1, 0.15) is 114 Å². The first-order chi connectivity index (χ1) is 27.6. The van der Waals surface area contributed by atoms with Gasteiger partial charge in [-0.15, -0.1) is 0 Å². The molecule has 0 aliphatic heterocycles. The Kier molecular flexibility index (Phi) is 19.4. The lowest BCUT2D eigenvalue weighted by Gasteiger charge is -2.38. The highest BCUT2D eigenvalue weighted by molar-refractivity contribution is 6.02. The Bertz CT molecular complexity index is 1980. The number of allylic oxidation sites excluding steroid dienone is 20. The summed E-state index contributed by atoms with van der Waals surface area (Å²) >= 11 is 0. The number of hydrogen-bond donors (Lipinski definition) is 2. The van der Waals surface area contributed by atoms with Crippen molar-refractivity contribution in [2.75, 3.05) is 0 Å². The smallest absolute Gasteiger partial charge is 0.307 e. The predicted molar refractivity (Wildman–Crippen MR) is 231 cm³/mol. The summed E-state index contributed by atoms with van der Waals surface area (Å²) in [5, 5.41) is 17.7. The molecular formula is C49H62O10. The first-order valence-corrected chi connectivity index (χ1v) is 20.0. The van der Waals surface area contributed by atoms with E-state index in [1.165, 1.54) is 0 Å². The van der Waals surface area contributed by atoms with E-state index in [-0.39, 0.29) is 42.7 Å². The van der Waals surface area contributed by atoms with Crippen LogP contribution in [0.15, 0.2) is 130 Å². The third-order valence-electron chi connectivity index (χ3n) is 10.5. The van der Waals surface area contributed by atoms with Gasteiger partial charge in [0.1, 0.15) is 0 Å². The maximum absolute atomic E-state index is 13.1. The van der Waals surface area contributed by atoms with Crippen molar-refractivity contribution in [3.63, 3.8) is 0 Å². The Labute approximate surface area is 349 Å². The molecular weight excluding hydrogens is 749 g/mol. The fourth-order valence-electron chi connectivity index (χ4n) is 6.81. The molecule has 0 bridgehead atoms. The van der Waals surface area contributed by atoms with Crippen LogP contribution in [0.25, 0.3) is 0 Å². The minimum atomic E-state index is -1.09. The van der Waals surface area contributed by atoms with Gasteiger partial charge >= 0.3 is 23.9 Å². The molecule has 0 amide bonds. The highest BCUT2D eigenvalue weighted by atomic mass is 16.6. The molecule has 0 radical (unpaired) electrons.